The molecule has 0 saturated carbocycles. The first-order valence-electron chi connectivity index (χ1n) is 2.43. The van der Waals surface area contributed by atoms with Crippen molar-refractivity contribution in [3.63, 3.8) is 0 Å². The molecule has 0 heterocycles. The molecule has 0 fully saturated rings. The Bertz CT molecular complexity index is 220. The number of rotatable bonds is 0. The third kappa shape index (κ3) is 1.49. The molecule has 0 N–H and O–H groups in total. The summed E-state index contributed by atoms with van der Waals surface area (Å²) in [6.07, 6.45) is 0. The third-order valence-corrected chi connectivity index (χ3v) is 1.14. The second-order valence-electron chi connectivity index (χ2n) is 1.69. The van der Waals surface area contributed by atoms with Gasteiger partial charge < -0.3 is 0 Å². The highest BCUT2D eigenvalue weighted by Crippen LogP contribution is 2.06. The summed E-state index contributed by atoms with van der Waals surface area (Å²) in [6, 6.07) is 6.14. The van der Waals surface area contributed by atoms with E-state index in [0.29, 0.717) is 7.85 Å². The van der Waals surface area contributed by atoms with Gasteiger partial charge in [-0.25, -0.2) is 5.46 Å². The summed E-state index contributed by atoms with van der Waals surface area (Å²) in [5.41, 5.74) is 2.90. The van der Waals surface area contributed by atoms with Crippen molar-refractivity contribution in [1.82, 2.24) is 0 Å². The molecule has 0 aliphatic rings. The van der Waals surface area contributed by atoms with E-state index in [0.717, 1.165) is 5.02 Å². The Balaban J connectivity index is 3.17. The predicted molar refractivity (Wildman–Crippen MR) is 45.8 cm³/mol. The molecule has 0 aliphatic carbocycles. The van der Waals surface area contributed by atoms with E-state index in [2.05, 4.69) is 13.0 Å². The molecule has 0 radical (unpaired) electrons. The molecule has 1 aromatic rings. The van der Waals surface area contributed by atoms with Gasteiger partial charge in [0.25, 0.3) is 0 Å². The monoisotopic (exact) mass is 139 g/mol. The normalized spacial score (nSPS) is 9.67. The van der Waals surface area contributed by atoms with Crippen LogP contribution in [0.25, 0.3) is 0 Å². The second-order valence-corrected chi connectivity index (χ2v) is 2.13. The highest BCUT2D eigenvalue weighted by Gasteiger charge is 1.86. The van der Waals surface area contributed by atoms with Gasteiger partial charge in [0.1, 0.15) is 0 Å². The van der Waals surface area contributed by atoms with Crippen LogP contribution in [0.5, 0.6) is 0 Å². The van der Waals surface area contributed by atoms with Gasteiger partial charge in [0.2, 0.25) is 0 Å². The minimum absolute atomic E-state index is 0.348. The maximum absolute atomic E-state index is 5.74. The first-order valence-corrected chi connectivity index (χ1v) is 2.80. The summed E-state index contributed by atoms with van der Waals surface area (Å²) in [4.78, 5) is 0. The van der Waals surface area contributed by atoms with Crippen LogP contribution in [0, 0.1) is 6.92 Å². The Morgan fingerprint density at radius 2 is 2.11 bits per heavy atom. The van der Waals surface area contributed by atoms with E-state index in [9.17, 15) is 0 Å². The maximum Gasteiger partial charge on any atom is 0.0406 e. The number of benzene rings is 1. The molecule has 0 aliphatic heterocycles. The minimum atomic E-state index is 0.348. The molecular weight excluding hydrogens is 130 g/mol. The smallest absolute Gasteiger partial charge is 0.0406 e. The minimum Gasteiger partial charge on any atom is -0.218 e. The lowest BCUT2D eigenvalue weighted by atomic mass is 9.92. The molecule has 0 saturated heterocycles. The van der Waals surface area contributed by atoms with Crippen LogP contribution in [-0.2, 0) is 0 Å². The van der Waals surface area contributed by atoms with Gasteiger partial charge in [-0.05, 0) is 26.9 Å². The van der Waals surface area contributed by atoms with Crippen molar-refractivity contribution in [2.75, 3.05) is 0 Å². The molecule has 0 unspecified atom stereocenters. The molecule has 0 aromatic heterocycles. The van der Waals surface area contributed by atoms with Gasteiger partial charge in [0.15, 0.2) is 0 Å². The van der Waals surface area contributed by atoms with Crippen molar-refractivity contribution in [2.45, 2.75) is 6.92 Å². The van der Waals surface area contributed by atoms with Crippen LogP contribution in [0.15, 0.2) is 18.2 Å². The van der Waals surface area contributed by atoms with Crippen molar-refractivity contribution < 1.29 is 0 Å². The number of hydrogen-bond acceptors (Lipinski definition) is 0. The van der Waals surface area contributed by atoms with Crippen LogP contribution in [0.2, 0.25) is 5.02 Å². The molecule has 0 spiro atoms. The van der Waals surface area contributed by atoms with Crippen LogP contribution in [0.4, 0.5) is 0 Å². The van der Waals surface area contributed by atoms with Crippen LogP contribution < -0.4 is 5.46 Å². The van der Waals surface area contributed by atoms with E-state index >= 15 is 0 Å². The van der Waals surface area contributed by atoms with Gasteiger partial charge in [-0.3, -0.25) is 0 Å². The Labute approximate surface area is 61.3 Å². The number of aryl methyl sites for hydroxylation is 1. The van der Waals surface area contributed by atoms with E-state index in [1.807, 2.05) is 12.1 Å². The zero-order chi connectivity index (χ0) is 6.85. The molecule has 0 amide bonds. The van der Waals surface area contributed by atoms with E-state index in [-0.39, 0.29) is 0 Å². The topological polar surface area (TPSA) is 0 Å². The predicted octanol–water partition coefficient (Wildman–Crippen LogP) is 0.639. The Morgan fingerprint density at radius 3 is 2.56 bits per heavy atom. The van der Waals surface area contributed by atoms with Crippen molar-refractivity contribution in [2.24, 2.45) is 0 Å². The number of hydrogen-bond donors (Lipinski definition) is 0. The van der Waals surface area contributed by atoms with E-state index in [1.165, 1.54) is 5.56 Å². The Kier molecular flexibility index (Phi) is 1.82. The highest BCUT2D eigenvalue weighted by atomic mass is 35.5. The molecular formula is C7H9BCl-. The van der Waals surface area contributed by atoms with Gasteiger partial charge in [0.05, 0.1) is 0 Å². The molecule has 1 rings (SSSR count). The fourth-order valence-corrected chi connectivity index (χ4v) is 0.776. The molecule has 0 nitrogen and oxygen atoms in total. The summed E-state index contributed by atoms with van der Waals surface area (Å²) in [6.45, 7) is 2.12. The van der Waals surface area contributed by atoms with Crippen molar-refractivity contribution in [3.05, 3.63) is 28.8 Å². The lowest BCUT2D eigenvalue weighted by Gasteiger charge is -2.02. The lowest BCUT2D eigenvalue weighted by molar-refractivity contribution is 1.52. The summed E-state index contributed by atoms with van der Waals surface area (Å²) < 4.78 is 0. The van der Waals surface area contributed by atoms with Crippen LogP contribution in [0.3, 0.4) is 0 Å². The summed E-state index contributed by atoms with van der Waals surface area (Å²) in [7, 11) is 0.348. The zero-order valence-corrected chi connectivity index (χ0v) is 5.37. The van der Waals surface area contributed by atoms with Gasteiger partial charge in [-0.1, -0.05) is 23.2 Å². The summed E-state index contributed by atoms with van der Waals surface area (Å²) >= 11 is 5.74. The third-order valence-electron chi connectivity index (χ3n) is 0.908. The van der Waals surface area contributed by atoms with Gasteiger partial charge in [0, 0.05) is 5.02 Å². The Hall–Kier alpha value is -0.425. The summed E-state index contributed by atoms with van der Waals surface area (Å²) in [5.74, 6) is 0. The average molecular weight is 139 g/mol. The number of halogens is 1. The molecule has 48 valence electrons. The fraction of sp³-hybridized carbons (Fsp3) is 0.143. The molecule has 9 heavy (non-hydrogen) atoms. The first kappa shape index (κ1) is 6.69. The second kappa shape index (κ2) is 2.44. The summed E-state index contributed by atoms with van der Waals surface area (Å²) in [5, 5.41) is 0.858. The molecule has 0 bridgehead atoms. The quantitative estimate of drug-likeness (QED) is 0.463. The van der Waals surface area contributed by atoms with Crippen LogP contribution in [-0.4, -0.2) is 7.85 Å². The average Bonchev–Trinajstić information content (AvgIpc) is 1.80. The fourth-order valence-electron chi connectivity index (χ4n) is 0.549. The van der Waals surface area contributed by atoms with E-state index in [4.69, 9.17) is 11.6 Å². The van der Waals surface area contributed by atoms with E-state index in [1.54, 1.807) is 5.46 Å². The standard InChI is InChI=1S/C7H9BCl/c1-5-4-6(9)2-3-7(5)8/h2-4H,1,8H3/q-1. The maximum atomic E-state index is 5.74. The van der Waals surface area contributed by atoms with E-state index < -0.39 is 0 Å². The van der Waals surface area contributed by atoms with Gasteiger partial charge in [-0.15, -0.1) is 0 Å². The van der Waals surface area contributed by atoms with Crippen molar-refractivity contribution >= 4 is 24.9 Å². The molecule has 1 aromatic carbocycles. The molecule has 0 atom stereocenters. The van der Waals surface area contributed by atoms with Gasteiger partial charge >= 0.3 is 0 Å². The van der Waals surface area contributed by atoms with Gasteiger partial charge in [-0.2, -0.15) is 0 Å². The first-order chi connectivity index (χ1) is 4.20. The van der Waals surface area contributed by atoms with Crippen LogP contribution in [0.1, 0.15) is 5.56 Å². The highest BCUT2D eigenvalue weighted by molar-refractivity contribution is 6.35. The lowest BCUT2D eigenvalue weighted by Crippen LogP contribution is -2.04. The SMILES string of the molecule is [BH3-]c1ccc(Cl)cc1C. The van der Waals surface area contributed by atoms with Crippen molar-refractivity contribution in [3.8, 4) is 0 Å². The van der Waals surface area contributed by atoms with Crippen LogP contribution >= 0.6 is 11.6 Å². The van der Waals surface area contributed by atoms with Crippen molar-refractivity contribution in [1.29, 1.82) is 0 Å². The Morgan fingerprint density at radius 1 is 1.44 bits per heavy atom. The zero-order valence-electron chi connectivity index (χ0n) is 4.61. The largest absolute Gasteiger partial charge is 0.218 e. The molecule has 2 heteroatoms.